The second-order valence-corrected chi connectivity index (χ2v) is 8.20. The minimum absolute atomic E-state index is 0.701. The number of rotatable bonds is 12. The maximum Gasteiger partial charge on any atom is 0.0721 e. The van der Waals surface area contributed by atoms with Crippen molar-refractivity contribution in [3.05, 3.63) is 96.1 Å². The van der Waals surface area contributed by atoms with Gasteiger partial charge in [0.15, 0.2) is 0 Å². The van der Waals surface area contributed by atoms with Crippen LogP contribution >= 0.6 is 0 Å². The molecule has 164 valence electrons. The Morgan fingerprint density at radius 3 is 1.27 bits per heavy atom. The SMILES string of the molecule is CC(C)CC=CCOCc1ccccc1.CC(C)CC=CCOCc1ccccc1. The zero-order valence-corrected chi connectivity index (χ0v) is 19.3. The lowest BCUT2D eigenvalue weighted by Gasteiger charge is -2.01. The molecule has 0 fully saturated rings. The predicted molar refractivity (Wildman–Crippen MR) is 129 cm³/mol. The van der Waals surface area contributed by atoms with Gasteiger partial charge in [-0.3, -0.25) is 0 Å². The van der Waals surface area contributed by atoms with E-state index in [1.54, 1.807) is 0 Å². The van der Waals surface area contributed by atoms with Crippen molar-refractivity contribution in [1.29, 1.82) is 0 Å². The molecule has 0 saturated heterocycles. The third-order valence-electron chi connectivity index (χ3n) is 4.20. The van der Waals surface area contributed by atoms with E-state index in [1.807, 2.05) is 36.4 Å². The molecule has 0 N–H and O–H groups in total. The number of ether oxygens (including phenoxy) is 2. The van der Waals surface area contributed by atoms with Gasteiger partial charge in [-0.2, -0.15) is 0 Å². The highest BCUT2D eigenvalue weighted by molar-refractivity contribution is 5.14. The van der Waals surface area contributed by atoms with E-state index in [4.69, 9.17) is 9.47 Å². The van der Waals surface area contributed by atoms with E-state index in [2.05, 4.69) is 76.3 Å². The zero-order valence-electron chi connectivity index (χ0n) is 19.3. The third-order valence-corrected chi connectivity index (χ3v) is 4.20. The van der Waals surface area contributed by atoms with E-state index in [1.165, 1.54) is 11.1 Å². The summed E-state index contributed by atoms with van der Waals surface area (Å²) in [6.07, 6.45) is 10.8. The van der Waals surface area contributed by atoms with E-state index in [0.717, 1.165) is 24.7 Å². The van der Waals surface area contributed by atoms with E-state index in [-0.39, 0.29) is 0 Å². The lowest BCUT2D eigenvalue weighted by atomic mass is 10.1. The van der Waals surface area contributed by atoms with Gasteiger partial charge < -0.3 is 9.47 Å². The summed E-state index contributed by atoms with van der Waals surface area (Å²) < 4.78 is 11.0. The molecule has 0 aromatic heterocycles. The molecule has 0 unspecified atom stereocenters. The van der Waals surface area contributed by atoms with E-state index < -0.39 is 0 Å². The molecule has 0 aliphatic carbocycles. The molecule has 0 saturated carbocycles. The van der Waals surface area contributed by atoms with Gasteiger partial charge in [-0.25, -0.2) is 0 Å². The molecule has 2 aromatic carbocycles. The predicted octanol–water partition coefficient (Wildman–Crippen LogP) is 7.61. The summed E-state index contributed by atoms with van der Waals surface area (Å²) in [7, 11) is 0. The number of hydrogen-bond acceptors (Lipinski definition) is 2. The molecule has 0 heterocycles. The quantitative estimate of drug-likeness (QED) is 0.266. The monoisotopic (exact) mass is 408 g/mol. The van der Waals surface area contributed by atoms with Crippen LogP contribution in [0.25, 0.3) is 0 Å². The van der Waals surface area contributed by atoms with Crippen molar-refractivity contribution >= 4 is 0 Å². The van der Waals surface area contributed by atoms with E-state index in [0.29, 0.717) is 26.4 Å². The number of benzene rings is 2. The van der Waals surface area contributed by atoms with Gasteiger partial charge in [-0.1, -0.05) is 113 Å². The third kappa shape index (κ3) is 15.7. The highest BCUT2D eigenvalue weighted by Crippen LogP contribution is 2.03. The topological polar surface area (TPSA) is 18.5 Å². The van der Waals surface area contributed by atoms with Crippen LogP contribution in [0, 0.1) is 11.8 Å². The number of allylic oxidation sites excluding steroid dienone is 2. The van der Waals surface area contributed by atoms with Crippen molar-refractivity contribution in [3.63, 3.8) is 0 Å². The summed E-state index contributed by atoms with van der Waals surface area (Å²) in [6.45, 7) is 11.7. The van der Waals surface area contributed by atoms with Gasteiger partial charge in [0.2, 0.25) is 0 Å². The number of hydrogen-bond donors (Lipinski definition) is 0. The largest absolute Gasteiger partial charge is 0.373 e. The molecule has 2 nitrogen and oxygen atoms in total. The van der Waals surface area contributed by atoms with E-state index in [9.17, 15) is 0 Å². The molecule has 2 aromatic rings. The van der Waals surface area contributed by atoms with Gasteiger partial charge >= 0.3 is 0 Å². The van der Waals surface area contributed by atoms with Crippen LogP contribution in [0.2, 0.25) is 0 Å². The summed E-state index contributed by atoms with van der Waals surface area (Å²) in [6, 6.07) is 20.5. The maximum atomic E-state index is 5.51. The first kappa shape index (κ1) is 25.9. The molecular weight excluding hydrogens is 368 g/mol. The first-order valence-corrected chi connectivity index (χ1v) is 11.1. The highest BCUT2D eigenvalue weighted by Gasteiger charge is 1.91. The standard InChI is InChI=1S/2C14H20O/c2*1-13(2)8-6-7-11-15-12-14-9-4-3-5-10-14/h2*3-7,9-10,13H,8,11-12H2,1-2H3. The first-order chi connectivity index (χ1) is 14.6. The summed E-state index contributed by atoms with van der Waals surface area (Å²) >= 11 is 0. The molecule has 0 amide bonds. The van der Waals surface area contributed by atoms with Crippen LogP contribution in [0.1, 0.15) is 51.7 Å². The van der Waals surface area contributed by atoms with Crippen LogP contribution in [0.15, 0.2) is 85.0 Å². The molecule has 2 rings (SSSR count). The summed E-state index contributed by atoms with van der Waals surface area (Å²) in [5.74, 6) is 1.46. The van der Waals surface area contributed by atoms with Crippen LogP contribution < -0.4 is 0 Å². The van der Waals surface area contributed by atoms with Gasteiger partial charge in [0, 0.05) is 0 Å². The van der Waals surface area contributed by atoms with Crippen LogP contribution in [-0.4, -0.2) is 13.2 Å². The summed E-state index contributed by atoms with van der Waals surface area (Å²) in [5, 5.41) is 0. The summed E-state index contributed by atoms with van der Waals surface area (Å²) in [5.41, 5.74) is 2.46. The Morgan fingerprint density at radius 1 is 0.567 bits per heavy atom. The van der Waals surface area contributed by atoms with Crippen LogP contribution in [0.4, 0.5) is 0 Å². The molecule has 0 aliphatic heterocycles. The Hall–Kier alpha value is -2.16. The summed E-state index contributed by atoms with van der Waals surface area (Å²) in [4.78, 5) is 0. The molecule has 0 aliphatic rings. The minimum atomic E-state index is 0.701. The van der Waals surface area contributed by atoms with Gasteiger partial charge in [-0.15, -0.1) is 0 Å². The fourth-order valence-electron chi connectivity index (χ4n) is 2.51. The first-order valence-electron chi connectivity index (χ1n) is 11.1. The Bertz CT molecular complexity index is 611. The van der Waals surface area contributed by atoms with Crippen molar-refractivity contribution < 1.29 is 9.47 Å². The van der Waals surface area contributed by atoms with Crippen LogP contribution in [0.3, 0.4) is 0 Å². The van der Waals surface area contributed by atoms with Crippen LogP contribution in [0.5, 0.6) is 0 Å². The second-order valence-electron chi connectivity index (χ2n) is 8.20. The molecule has 2 heteroatoms. The minimum Gasteiger partial charge on any atom is -0.373 e. The Morgan fingerprint density at radius 2 is 0.933 bits per heavy atom. The van der Waals surface area contributed by atoms with Crippen molar-refractivity contribution in [2.24, 2.45) is 11.8 Å². The molecule has 30 heavy (non-hydrogen) atoms. The van der Waals surface area contributed by atoms with Gasteiger partial charge in [0.1, 0.15) is 0 Å². The fraction of sp³-hybridized carbons (Fsp3) is 0.429. The van der Waals surface area contributed by atoms with E-state index >= 15 is 0 Å². The maximum absolute atomic E-state index is 5.51. The highest BCUT2D eigenvalue weighted by atomic mass is 16.5. The fourth-order valence-corrected chi connectivity index (χ4v) is 2.51. The Labute approximate surface area is 184 Å². The molecule has 0 spiro atoms. The van der Waals surface area contributed by atoms with Gasteiger partial charge in [0.05, 0.1) is 26.4 Å². The average molecular weight is 409 g/mol. The van der Waals surface area contributed by atoms with Crippen LogP contribution in [-0.2, 0) is 22.7 Å². The lowest BCUT2D eigenvalue weighted by molar-refractivity contribution is 0.148. The normalized spacial score (nSPS) is 11.4. The van der Waals surface area contributed by atoms with Crippen molar-refractivity contribution in [2.75, 3.05) is 13.2 Å². The van der Waals surface area contributed by atoms with Crippen molar-refractivity contribution in [1.82, 2.24) is 0 Å². The lowest BCUT2D eigenvalue weighted by Crippen LogP contribution is -1.92. The Balaban J connectivity index is 0.000000300. The molecule has 0 bridgehead atoms. The Kier molecular flexibility index (Phi) is 15.2. The molecular formula is C28H40O2. The molecule has 0 atom stereocenters. The van der Waals surface area contributed by atoms with Gasteiger partial charge in [-0.05, 0) is 35.8 Å². The zero-order chi connectivity index (χ0) is 21.9. The smallest absolute Gasteiger partial charge is 0.0721 e. The van der Waals surface area contributed by atoms with Gasteiger partial charge in [0.25, 0.3) is 0 Å². The molecule has 0 radical (unpaired) electrons. The second kappa shape index (κ2) is 17.7. The van der Waals surface area contributed by atoms with Crippen molar-refractivity contribution in [2.45, 2.75) is 53.8 Å². The average Bonchev–Trinajstić information content (AvgIpc) is 2.75. The van der Waals surface area contributed by atoms with Crippen molar-refractivity contribution in [3.8, 4) is 0 Å².